The summed E-state index contributed by atoms with van der Waals surface area (Å²) >= 11 is 0. The van der Waals surface area contributed by atoms with Crippen LogP contribution in [0.2, 0.25) is 0 Å². The molecule has 0 unspecified atom stereocenters. The summed E-state index contributed by atoms with van der Waals surface area (Å²) in [5.74, 6) is 0. The first kappa shape index (κ1) is 45.2. The number of hydrogen-bond donors (Lipinski definition) is 0. The van der Waals surface area contributed by atoms with Crippen molar-refractivity contribution in [2.24, 2.45) is 0 Å². The van der Waals surface area contributed by atoms with Crippen LogP contribution in [0.25, 0.3) is 218 Å². The fourth-order valence-electron chi connectivity index (χ4n) is 18.2. The van der Waals surface area contributed by atoms with Crippen molar-refractivity contribution in [2.45, 2.75) is 0 Å². The highest BCUT2D eigenvalue weighted by Crippen LogP contribution is 2.54. The summed E-state index contributed by atoms with van der Waals surface area (Å²) in [6, 6.07) is 101. The molecular weight excluding hydrogens is 1090 g/mol. The van der Waals surface area contributed by atoms with Gasteiger partial charge in [-0.3, -0.25) is 0 Å². The van der Waals surface area contributed by atoms with E-state index in [1.807, 2.05) is 0 Å². The van der Waals surface area contributed by atoms with Gasteiger partial charge in [0.2, 0.25) is 0 Å². The van der Waals surface area contributed by atoms with E-state index in [2.05, 4.69) is 294 Å². The van der Waals surface area contributed by atoms with Gasteiger partial charge in [0.05, 0.1) is 88.3 Å². The van der Waals surface area contributed by atoms with Crippen LogP contribution >= 0.6 is 0 Å². The first-order chi connectivity index (χ1) is 44.7. The zero-order valence-corrected chi connectivity index (χ0v) is 48.1. The Labute approximate surface area is 509 Å². The monoisotopic (exact) mass is 1140 g/mol. The fraction of sp³-hybridized carbons (Fsp3) is 0. The summed E-state index contributed by atoms with van der Waals surface area (Å²) in [6.07, 6.45) is 0. The highest BCUT2D eigenvalue weighted by atomic mass is 15.0. The molecule has 0 amide bonds. The predicted molar refractivity (Wildman–Crippen MR) is 379 cm³/mol. The van der Waals surface area contributed by atoms with Gasteiger partial charge in [0, 0.05) is 119 Å². The third-order valence-electron chi connectivity index (χ3n) is 21.4. The van der Waals surface area contributed by atoms with E-state index in [4.69, 9.17) is 0 Å². The molecule has 6 nitrogen and oxygen atoms in total. The quantitative estimate of drug-likeness (QED) is 0.169. The van der Waals surface area contributed by atoms with Gasteiger partial charge in [-0.2, -0.15) is 0 Å². The van der Waals surface area contributed by atoms with Crippen LogP contribution in [0.4, 0.5) is 0 Å². The minimum absolute atomic E-state index is 1.16. The van der Waals surface area contributed by atoms with Crippen molar-refractivity contribution in [3.63, 3.8) is 0 Å². The first-order valence-electron chi connectivity index (χ1n) is 31.3. The summed E-state index contributed by atoms with van der Waals surface area (Å²) in [4.78, 5) is 0. The molecule has 24 rings (SSSR count). The van der Waals surface area contributed by atoms with E-state index in [1.165, 1.54) is 207 Å². The third kappa shape index (κ3) is 4.99. The normalized spacial score (nSPS) is 13.1. The summed E-state index contributed by atoms with van der Waals surface area (Å²) in [6.45, 7) is 0. The molecule has 24 aromatic rings. The molecule has 10 heterocycles. The van der Waals surface area contributed by atoms with Gasteiger partial charge in [-0.1, -0.05) is 182 Å². The SMILES string of the molecule is c1ccc(-n2c3ccccc3c3cc4c(cc32)c2c3c5cccc6c7ccccc7n(c3cc3c7ccc(-c8cccc9c8c8cccc%10c%11c%12c%13ccc%14c%15ccccc%15n(-c%15ccccc%15)c%14c%13n%13c%14ccccc%14c(cc%11n9c8%10)c%12%13)cc7n4c32)c65)cc1. The van der Waals surface area contributed by atoms with Crippen molar-refractivity contribution in [2.75, 3.05) is 0 Å². The topological polar surface area (TPSA) is 27.5 Å². The second kappa shape index (κ2) is 15.3. The van der Waals surface area contributed by atoms with Crippen molar-refractivity contribution in [3.8, 4) is 22.5 Å². The maximum absolute atomic E-state index is 2.63. The molecule has 0 aliphatic rings. The minimum atomic E-state index is 1.16. The molecule has 0 aliphatic carbocycles. The van der Waals surface area contributed by atoms with Gasteiger partial charge in [0.15, 0.2) is 0 Å². The first-order valence-corrected chi connectivity index (χ1v) is 31.3. The van der Waals surface area contributed by atoms with Crippen molar-refractivity contribution in [1.29, 1.82) is 0 Å². The smallest absolute Gasteiger partial charge is 0.0789 e. The Hall–Kier alpha value is -12.1. The number of aromatic nitrogens is 6. The van der Waals surface area contributed by atoms with Crippen LogP contribution in [0.3, 0.4) is 0 Å². The predicted octanol–water partition coefficient (Wildman–Crippen LogP) is 22.1. The lowest BCUT2D eigenvalue weighted by Crippen LogP contribution is -1.95. The Morgan fingerprint density at radius 2 is 0.578 bits per heavy atom. The zero-order chi connectivity index (χ0) is 57.7. The lowest BCUT2D eigenvalue weighted by Gasteiger charge is -2.09. The van der Waals surface area contributed by atoms with E-state index < -0.39 is 0 Å². The van der Waals surface area contributed by atoms with Crippen LogP contribution < -0.4 is 0 Å². The molecule has 410 valence electrons. The Balaban J connectivity index is 0.815. The Morgan fingerprint density at radius 3 is 1.29 bits per heavy atom. The van der Waals surface area contributed by atoms with Crippen LogP contribution in [0, 0.1) is 0 Å². The molecule has 0 bridgehead atoms. The fourth-order valence-corrected chi connectivity index (χ4v) is 18.2. The molecule has 14 aromatic carbocycles. The molecule has 0 aliphatic heterocycles. The minimum Gasteiger partial charge on any atom is -0.309 e. The van der Waals surface area contributed by atoms with Gasteiger partial charge < -0.3 is 26.7 Å². The van der Waals surface area contributed by atoms with Crippen molar-refractivity contribution in [3.05, 3.63) is 267 Å². The highest BCUT2D eigenvalue weighted by molar-refractivity contribution is 6.42. The lowest BCUT2D eigenvalue weighted by atomic mass is 9.96. The maximum atomic E-state index is 2.63. The average Bonchev–Trinajstić information content (AvgIpc) is 1.51. The van der Waals surface area contributed by atoms with E-state index in [1.54, 1.807) is 0 Å². The number of rotatable bonds is 3. The van der Waals surface area contributed by atoms with Gasteiger partial charge in [-0.15, -0.1) is 0 Å². The van der Waals surface area contributed by atoms with E-state index in [0.29, 0.717) is 0 Å². The molecule has 0 saturated carbocycles. The van der Waals surface area contributed by atoms with E-state index in [-0.39, 0.29) is 0 Å². The number of benzene rings is 14. The zero-order valence-electron chi connectivity index (χ0n) is 48.1. The van der Waals surface area contributed by atoms with Crippen LogP contribution in [-0.2, 0) is 0 Å². The second-order valence-corrected chi connectivity index (χ2v) is 25.4. The lowest BCUT2D eigenvalue weighted by molar-refractivity contribution is 1.18. The summed E-state index contributed by atoms with van der Waals surface area (Å²) in [7, 11) is 0. The highest BCUT2D eigenvalue weighted by Gasteiger charge is 2.31. The summed E-state index contributed by atoms with van der Waals surface area (Å²) in [5.41, 5.74) is 24.6. The molecule has 0 fully saturated rings. The molecular formula is C84H44N6. The Bertz CT molecular complexity index is 7370. The molecule has 0 atom stereocenters. The average molecular weight is 1140 g/mol. The molecule has 90 heavy (non-hydrogen) atoms. The molecule has 0 saturated heterocycles. The van der Waals surface area contributed by atoms with E-state index >= 15 is 0 Å². The second-order valence-electron chi connectivity index (χ2n) is 25.4. The number of fused-ring (bicyclic) bond motifs is 33. The number of nitrogens with zero attached hydrogens (tertiary/aromatic N) is 6. The summed E-state index contributed by atoms with van der Waals surface area (Å²) < 4.78 is 15.4. The molecule has 10 aromatic heterocycles. The largest absolute Gasteiger partial charge is 0.309 e. The summed E-state index contributed by atoms with van der Waals surface area (Å²) in [5, 5.41) is 25.6. The van der Waals surface area contributed by atoms with Crippen LogP contribution in [-0.4, -0.2) is 26.7 Å². The molecule has 0 radical (unpaired) electrons. The van der Waals surface area contributed by atoms with Gasteiger partial charge in [0.25, 0.3) is 0 Å². The maximum Gasteiger partial charge on any atom is 0.0789 e. The van der Waals surface area contributed by atoms with Crippen LogP contribution in [0.15, 0.2) is 267 Å². The standard InChI is InChI=1S/C84H44N6/c1-3-18-46(19-4-1)85-64-31-11-9-24-51(64)60-41-71-63(44-70(60)85)78-76-57-29-15-27-54-49-22-8-13-33-66(49)87(79(54)57)72(76)43-62-53-37-36-45(40-69(53)89(71)81(62)78)48-26-17-35-68-74(48)56-28-16-30-58-75-73(88(68)80(56)58)42-61-52-25-10-14-34-67(52)90-82(61)77(75)59-39-38-55-50-23-7-12-32-65(50)86(83(55)84(59)90)47-20-5-2-6-21-47/h1-44H. The van der Waals surface area contributed by atoms with Crippen molar-refractivity contribution >= 4 is 196 Å². The van der Waals surface area contributed by atoms with E-state index in [9.17, 15) is 0 Å². The van der Waals surface area contributed by atoms with E-state index in [0.717, 1.165) is 11.4 Å². The van der Waals surface area contributed by atoms with Crippen molar-refractivity contribution < 1.29 is 0 Å². The third-order valence-corrected chi connectivity index (χ3v) is 21.4. The Kier molecular flexibility index (Phi) is 7.71. The molecule has 0 N–H and O–H groups in total. The van der Waals surface area contributed by atoms with Gasteiger partial charge >= 0.3 is 0 Å². The van der Waals surface area contributed by atoms with Gasteiger partial charge in [-0.25, -0.2) is 0 Å². The number of para-hydroxylation sites is 8. The Morgan fingerprint density at radius 1 is 0.167 bits per heavy atom. The molecule has 6 heteroatoms. The van der Waals surface area contributed by atoms with Crippen molar-refractivity contribution in [1.82, 2.24) is 26.7 Å². The van der Waals surface area contributed by atoms with Gasteiger partial charge in [0.1, 0.15) is 0 Å². The van der Waals surface area contributed by atoms with Crippen LogP contribution in [0.5, 0.6) is 0 Å². The molecule has 0 spiro atoms. The van der Waals surface area contributed by atoms with Crippen LogP contribution in [0.1, 0.15) is 0 Å². The number of hydrogen-bond acceptors (Lipinski definition) is 0. The van der Waals surface area contributed by atoms with Gasteiger partial charge in [-0.05, 0) is 96.1 Å².